The summed E-state index contributed by atoms with van der Waals surface area (Å²) in [7, 11) is 0. The van der Waals surface area contributed by atoms with Gasteiger partial charge in [0.2, 0.25) is 0 Å². The van der Waals surface area contributed by atoms with Crippen LogP contribution in [-0.2, 0) is 11.3 Å². The molecule has 7 nitrogen and oxygen atoms in total. The van der Waals surface area contributed by atoms with Gasteiger partial charge in [-0.3, -0.25) is 4.79 Å². The van der Waals surface area contributed by atoms with Gasteiger partial charge in [0, 0.05) is 38.6 Å². The van der Waals surface area contributed by atoms with Crippen molar-refractivity contribution in [1.29, 1.82) is 0 Å². The molecule has 1 aromatic rings. The van der Waals surface area contributed by atoms with E-state index < -0.39 is 5.97 Å². The molecule has 1 aromatic heterocycles. The number of imidazole rings is 1. The molecule has 0 aromatic carbocycles. The fourth-order valence-corrected chi connectivity index (χ4v) is 1.62. The molecule has 1 heterocycles. The van der Waals surface area contributed by atoms with Crippen molar-refractivity contribution in [2.24, 2.45) is 0 Å². The standard InChI is InChI=1S/C12H20N4O3/c1-2-16(8-4-11(17)18)12(19)14-5-3-7-15-9-6-13-10-15/h6,9-10H,2-5,7-8H2,1H3,(H,14,19)(H,17,18). The lowest BCUT2D eigenvalue weighted by atomic mass is 10.4. The molecule has 0 aliphatic heterocycles. The molecule has 0 unspecified atom stereocenters. The number of nitrogens with one attached hydrogen (secondary N) is 1. The topological polar surface area (TPSA) is 87.5 Å². The molecule has 2 amide bonds. The number of amides is 2. The van der Waals surface area contributed by atoms with Crippen LogP contribution in [0.15, 0.2) is 18.7 Å². The van der Waals surface area contributed by atoms with Gasteiger partial charge in [-0.1, -0.05) is 0 Å². The number of carbonyl (C=O) groups excluding carboxylic acids is 1. The lowest BCUT2D eigenvalue weighted by molar-refractivity contribution is -0.137. The third-order valence-corrected chi connectivity index (χ3v) is 2.69. The maximum atomic E-state index is 11.8. The Hall–Kier alpha value is -2.05. The number of aryl methyl sites for hydroxylation is 1. The highest BCUT2D eigenvalue weighted by molar-refractivity contribution is 5.75. The highest BCUT2D eigenvalue weighted by Crippen LogP contribution is 1.94. The molecule has 106 valence electrons. The number of carboxylic acid groups (broad SMARTS) is 1. The summed E-state index contributed by atoms with van der Waals surface area (Å²) >= 11 is 0. The smallest absolute Gasteiger partial charge is 0.317 e. The van der Waals surface area contributed by atoms with Crippen LogP contribution in [0, 0.1) is 0 Å². The second kappa shape index (κ2) is 8.12. The lowest BCUT2D eigenvalue weighted by Crippen LogP contribution is -2.41. The monoisotopic (exact) mass is 268 g/mol. The minimum atomic E-state index is -0.897. The van der Waals surface area contributed by atoms with Crippen LogP contribution in [0.25, 0.3) is 0 Å². The molecule has 0 atom stereocenters. The summed E-state index contributed by atoms with van der Waals surface area (Å²) in [6.07, 6.45) is 6.08. The third-order valence-electron chi connectivity index (χ3n) is 2.69. The van der Waals surface area contributed by atoms with E-state index in [2.05, 4.69) is 10.3 Å². The zero-order valence-corrected chi connectivity index (χ0v) is 11.1. The number of carboxylic acids is 1. The Morgan fingerprint density at radius 3 is 2.84 bits per heavy atom. The Balaban J connectivity index is 2.19. The van der Waals surface area contributed by atoms with Crippen molar-refractivity contribution in [3.63, 3.8) is 0 Å². The third kappa shape index (κ3) is 5.89. The fraction of sp³-hybridized carbons (Fsp3) is 0.583. The molecule has 0 bridgehead atoms. The van der Waals surface area contributed by atoms with Crippen LogP contribution < -0.4 is 5.32 Å². The van der Waals surface area contributed by atoms with E-state index in [0.717, 1.165) is 13.0 Å². The van der Waals surface area contributed by atoms with Crippen molar-refractivity contribution in [3.05, 3.63) is 18.7 Å². The van der Waals surface area contributed by atoms with Crippen LogP contribution in [0.3, 0.4) is 0 Å². The predicted molar refractivity (Wildman–Crippen MR) is 69.7 cm³/mol. The number of rotatable bonds is 8. The van der Waals surface area contributed by atoms with Gasteiger partial charge in [-0.25, -0.2) is 9.78 Å². The maximum Gasteiger partial charge on any atom is 0.317 e. The Kier molecular flexibility index (Phi) is 6.42. The average Bonchev–Trinajstić information content (AvgIpc) is 2.88. The highest BCUT2D eigenvalue weighted by atomic mass is 16.4. The minimum Gasteiger partial charge on any atom is -0.481 e. The second-order valence-electron chi connectivity index (χ2n) is 4.11. The van der Waals surface area contributed by atoms with Crippen molar-refractivity contribution in [2.75, 3.05) is 19.6 Å². The Morgan fingerprint density at radius 1 is 1.47 bits per heavy atom. The van der Waals surface area contributed by atoms with E-state index >= 15 is 0 Å². The second-order valence-corrected chi connectivity index (χ2v) is 4.11. The summed E-state index contributed by atoms with van der Waals surface area (Å²) in [4.78, 5) is 27.6. The van der Waals surface area contributed by atoms with Gasteiger partial charge in [0.25, 0.3) is 0 Å². The summed E-state index contributed by atoms with van der Waals surface area (Å²) in [5, 5.41) is 11.4. The van der Waals surface area contributed by atoms with Crippen LogP contribution in [0.4, 0.5) is 4.79 Å². The summed E-state index contributed by atoms with van der Waals surface area (Å²) in [6.45, 7) is 3.91. The molecule has 2 N–H and O–H groups in total. The van der Waals surface area contributed by atoms with Crippen LogP contribution in [0.5, 0.6) is 0 Å². The summed E-state index contributed by atoms with van der Waals surface area (Å²) in [6, 6.07) is -0.214. The number of urea groups is 1. The van der Waals surface area contributed by atoms with Crippen molar-refractivity contribution in [2.45, 2.75) is 26.3 Å². The molecule has 0 aliphatic rings. The van der Waals surface area contributed by atoms with Crippen molar-refractivity contribution in [1.82, 2.24) is 19.8 Å². The summed E-state index contributed by atoms with van der Waals surface area (Å²) < 4.78 is 1.94. The molecule has 0 fully saturated rings. The minimum absolute atomic E-state index is 0.0315. The van der Waals surface area contributed by atoms with Gasteiger partial charge in [-0.2, -0.15) is 0 Å². The van der Waals surface area contributed by atoms with E-state index in [4.69, 9.17) is 5.11 Å². The van der Waals surface area contributed by atoms with E-state index in [0.29, 0.717) is 13.1 Å². The predicted octanol–water partition coefficient (Wildman–Crippen LogP) is 0.779. The number of nitrogens with zero attached hydrogens (tertiary/aromatic N) is 3. The van der Waals surface area contributed by atoms with E-state index in [9.17, 15) is 9.59 Å². The normalized spacial score (nSPS) is 10.2. The van der Waals surface area contributed by atoms with Gasteiger partial charge in [-0.15, -0.1) is 0 Å². The molecular formula is C12H20N4O3. The molecule has 0 aliphatic carbocycles. The van der Waals surface area contributed by atoms with Gasteiger partial charge in [0.05, 0.1) is 12.7 Å². The highest BCUT2D eigenvalue weighted by Gasteiger charge is 2.11. The number of hydrogen-bond donors (Lipinski definition) is 2. The summed E-state index contributed by atoms with van der Waals surface area (Å²) in [5.41, 5.74) is 0. The van der Waals surface area contributed by atoms with Crippen LogP contribution in [0.1, 0.15) is 19.8 Å². The molecular weight excluding hydrogens is 248 g/mol. The first kappa shape index (κ1) is 15.0. The lowest BCUT2D eigenvalue weighted by Gasteiger charge is -2.20. The summed E-state index contributed by atoms with van der Waals surface area (Å²) in [5.74, 6) is -0.897. The first-order valence-corrected chi connectivity index (χ1v) is 6.33. The first-order chi connectivity index (χ1) is 9.13. The fourth-order valence-electron chi connectivity index (χ4n) is 1.62. The van der Waals surface area contributed by atoms with Crippen molar-refractivity contribution < 1.29 is 14.7 Å². The van der Waals surface area contributed by atoms with E-state index in [1.165, 1.54) is 4.90 Å². The zero-order chi connectivity index (χ0) is 14.1. The van der Waals surface area contributed by atoms with E-state index in [1.807, 2.05) is 17.7 Å². The number of aliphatic carboxylic acids is 1. The molecule has 0 spiro atoms. The SMILES string of the molecule is CCN(CCC(=O)O)C(=O)NCCCn1ccnc1. The quantitative estimate of drug-likeness (QED) is 0.682. The maximum absolute atomic E-state index is 11.8. The Morgan fingerprint density at radius 2 is 2.26 bits per heavy atom. The Bertz CT molecular complexity index is 392. The molecule has 1 rings (SSSR count). The molecule has 0 saturated heterocycles. The molecule has 19 heavy (non-hydrogen) atoms. The van der Waals surface area contributed by atoms with Crippen LogP contribution in [-0.4, -0.2) is 51.2 Å². The van der Waals surface area contributed by atoms with Crippen molar-refractivity contribution >= 4 is 12.0 Å². The van der Waals surface area contributed by atoms with E-state index in [-0.39, 0.29) is 19.0 Å². The van der Waals surface area contributed by atoms with Crippen molar-refractivity contribution in [3.8, 4) is 0 Å². The van der Waals surface area contributed by atoms with Crippen LogP contribution >= 0.6 is 0 Å². The Labute approximate surface area is 112 Å². The van der Waals surface area contributed by atoms with Gasteiger partial charge in [0.15, 0.2) is 0 Å². The average molecular weight is 268 g/mol. The van der Waals surface area contributed by atoms with Gasteiger partial charge in [-0.05, 0) is 13.3 Å². The molecule has 0 saturated carbocycles. The zero-order valence-electron chi connectivity index (χ0n) is 11.1. The molecule has 0 radical (unpaired) electrons. The van der Waals surface area contributed by atoms with E-state index in [1.54, 1.807) is 12.5 Å². The van der Waals surface area contributed by atoms with Crippen LogP contribution in [0.2, 0.25) is 0 Å². The first-order valence-electron chi connectivity index (χ1n) is 6.33. The molecule has 7 heteroatoms. The largest absolute Gasteiger partial charge is 0.481 e. The van der Waals surface area contributed by atoms with Gasteiger partial charge >= 0.3 is 12.0 Å². The number of hydrogen-bond acceptors (Lipinski definition) is 3. The van der Waals surface area contributed by atoms with Gasteiger partial charge < -0.3 is 19.9 Å². The number of aromatic nitrogens is 2. The van der Waals surface area contributed by atoms with Gasteiger partial charge in [0.1, 0.15) is 0 Å². The number of carbonyl (C=O) groups is 2.